The fourth-order valence-corrected chi connectivity index (χ4v) is 3.05. The predicted octanol–water partition coefficient (Wildman–Crippen LogP) is 1.89. The van der Waals surface area contributed by atoms with E-state index in [0.29, 0.717) is 49.7 Å². The second-order valence-electron chi connectivity index (χ2n) is 6.44. The first kappa shape index (κ1) is 16.6. The molecular weight excluding hydrogens is 311 g/mol. The smallest absolute Gasteiger partial charge is 0.277 e. The normalized spacial score (nSPS) is 19.0. The molecule has 1 fully saturated rings. The van der Waals surface area contributed by atoms with Crippen molar-refractivity contribution in [3.8, 4) is 0 Å². The lowest BCUT2D eigenvalue weighted by Crippen LogP contribution is -2.41. The molecular formula is C18H21FN2O3. The third-order valence-electron chi connectivity index (χ3n) is 4.15. The Morgan fingerprint density at radius 1 is 1.08 bits per heavy atom. The number of ether oxygens (including phenoxy) is 1. The third-order valence-corrected chi connectivity index (χ3v) is 4.15. The number of imide groups is 1. The van der Waals surface area contributed by atoms with Crippen molar-refractivity contribution in [2.75, 3.05) is 32.8 Å². The van der Waals surface area contributed by atoms with E-state index in [-0.39, 0.29) is 23.5 Å². The summed E-state index contributed by atoms with van der Waals surface area (Å²) >= 11 is 0. The van der Waals surface area contributed by atoms with Crippen LogP contribution in [0.15, 0.2) is 30.0 Å². The number of benzene rings is 1. The molecule has 0 atom stereocenters. The molecule has 0 bridgehead atoms. The first-order chi connectivity index (χ1) is 11.5. The Morgan fingerprint density at radius 3 is 2.29 bits per heavy atom. The number of hydrogen-bond donors (Lipinski definition) is 0. The number of morpholine rings is 1. The van der Waals surface area contributed by atoms with Crippen molar-refractivity contribution >= 4 is 17.4 Å². The van der Waals surface area contributed by atoms with E-state index in [2.05, 4.69) is 0 Å². The molecule has 0 aliphatic carbocycles. The van der Waals surface area contributed by atoms with Gasteiger partial charge in [0.05, 0.1) is 18.8 Å². The monoisotopic (exact) mass is 332 g/mol. The van der Waals surface area contributed by atoms with Crippen LogP contribution >= 0.6 is 0 Å². The standard InChI is InChI=1S/C18H21FN2O3/c1-12(2)11-21-17(22)15(13-3-5-14(19)6-4-13)16(18(21)23)20-7-9-24-10-8-20/h3-6,12H,7-11H2,1-2H3. The average Bonchev–Trinajstić information content (AvgIpc) is 2.81. The molecule has 1 saturated heterocycles. The molecule has 128 valence electrons. The van der Waals surface area contributed by atoms with Gasteiger partial charge in [0, 0.05) is 19.6 Å². The topological polar surface area (TPSA) is 49.9 Å². The van der Waals surface area contributed by atoms with Gasteiger partial charge in [-0.2, -0.15) is 0 Å². The highest BCUT2D eigenvalue weighted by atomic mass is 19.1. The first-order valence-electron chi connectivity index (χ1n) is 8.18. The van der Waals surface area contributed by atoms with E-state index in [1.54, 1.807) is 12.1 Å². The first-order valence-corrected chi connectivity index (χ1v) is 8.18. The Morgan fingerprint density at radius 2 is 1.71 bits per heavy atom. The van der Waals surface area contributed by atoms with Gasteiger partial charge in [-0.05, 0) is 23.6 Å². The van der Waals surface area contributed by atoms with E-state index in [4.69, 9.17) is 4.74 Å². The predicted molar refractivity (Wildman–Crippen MR) is 87.3 cm³/mol. The third kappa shape index (κ3) is 3.06. The molecule has 0 radical (unpaired) electrons. The number of rotatable bonds is 4. The zero-order valence-electron chi connectivity index (χ0n) is 13.9. The van der Waals surface area contributed by atoms with Crippen LogP contribution in [0, 0.1) is 11.7 Å². The highest BCUT2D eigenvalue weighted by molar-refractivity contribution is 6.35. The van der Waals surface area contributed by atoms with Gasteiger partial charge >= 0.3 is 0 Å². The van der Waals surface area contributed by atoms with Crippen molar-refractivity contribution in [1.29, 1.82) is 0 Å². The van der Waals surface area contributed by atoms with Crippen LogP contribution < -0.4 is 0 Å². The number of carbonyl (C=O) groups excluding carboxylic acids is 2. The second-order valence-corrected chi connectivity index (χ2v) is 6.44. The highest BCUT2D eigenvalue weighted by Crippen LogP contribution is 2.32. The summed E-state index contributed by atoms with van der Waals surface area (Å²) in [6.45, 7) is 6.47. The SMILES string of the molecule is CC(C)CN1C(=O)C(c2ccc(F)cc2)=C(N2CCOCC2)C1=O. The summed E-state index contributed by atoms with van der Waals surface area (Å²) in [5.41, 5.74) is 1.35. The van der Waals surface area contributed by atoms with Crippen LogP contribution in [-0.2, 0) is 14.3 Å². The number of hydrogen-bond acceptors (Lipinski definition) is 4. The molecule has 1 aromatic rings. The van der Waals surface area contributed by atoms with Crippen LogP contribution in [0.1, 0.15) is 19.4 Å². The minimum Gasteiger partial charge on any atom is -0.378 e. The molecule has 0 saturated carbocycles. The van der Waals surface area contributed by atoms with Crippen molar-refractivity contribution in [3.05, 3.63) is 41.3 Å². The van der Waals surface area contributed by atoms with Gasteiger partial charge in [0.2, 0.25) is 0 Å². The summed E-state index contributed by atoms with van der Waals surface area (Å²) in [7, 11) is 0. The maximum absolute atomic E-state index is 13.2. The zero-order chi connectivity index (χ0) is 17.3. The maximum Gasteiger partial charge on any atom is 0.277 e. The van der Waals surface area contributed by atoms with Crippen LogP contribution in [0.4, 0.5) is 4.39 Å². The quantitative estimate of drug-likeness (QED) is 0.790. The van der Waals surface area contributed by atoms with Gasteiger partial charge < -0.3 is 9.64 Å². The van der Waals surface area contributed by atoms with E-state index in [0.717, 1.165) is 0 Å². The molecule has 3 rings (SSSR count). The lowest BCUT2D eigenvalue weighted by molar-refractivity contribution is -0.138. The maximum atomic E-state index is 13.2. The van der Waals surface area contributed by atoms with Crippen molar-refractivity contribution in [3.63, 3.8) is 0 Å². The zero-order valence-corrected chi connectivity index (χ0v) is 13.9. The van der Waals surface area contributed by atoms with Gasteiger partial charge in [-0.3, -0.25) is 14.5 Å². The summed E-state index contributed by atoms with van der Waals surface area (Å²) in [6, 6.07) is 5.72. The Hall–Kier alpha value is -2.21. The van der Waals surface area contributed by atoms with Gasteiger partial charge in [-0.25, -0.2) is 4.39 Å². The fraction of sp³-hybridized carbons (Fsp3) is 0.444. The van der Waals surface area contributed by atoms with Gasteiger partial charge in [-0.15, -0.1) is 0 Å². The van der Waals surface area contributed by atoms with Crippen LogP contribution in [0.25, 0.3) is 5.57 Å². The summed E-state index contributed by atoms with van der Waals surface area (Å²) in [6.07, 6.45) is 0. The van der Waals surface area contributed by atoms with Crippen LogP contribution in [0.5, 0.6) is 0 Å². The lowest BCUT2D eigenvalue weighted by Gasteiger charge is -2.29. The molecule has 6 heteroatoms. The molecule has 2 heterocycles. The lowest BCUT2D eigenvalue weighted by atomic mass is 10.0. The van der Waals surface area contributed by atoms with Crippen molar-refractivity contribution in [1.82, 2.24) is 9.80 Å². The van der Waals surface area contributed by atoms with Crippen LogP contribution in [0.3, 0.4) is 0 Å². The molecule has 2 amide bonds. The highest BCUT2D eigenvalue weighted by Gasteiger charge is 2.41. The molecule has 5 nitrogen and oxygen atoms in total. The molecule has 0 N–H and O–H groups in total. The van der Waals surface area contributed by atoms with Gasteiger partial charge in [0.15, 0.2) is 0 Å². The van der Waals surface area contributed by atoms with Crippen LogP contribution in [-0.4, -0.2) is 54.5 Å². The summed E-state index contributed by atoms with van der Waals surface area (Å²) in [5, 5.41) is 0. The van der Waals surface area contributed by atoms with Crippen molar-refractivity contribution < 1.29 is 18.7 Å². The molecule has 0 aromatic heterocycles. The van der Waals surface area contributed by atoms with Crippen molar-refractivity contribution in [2.45, 2.75) is 13.8 Å². The van der Waals surface area contributed by atoms with E-state index < -0.39 is 0 Å². The van der Waals surface area contributed by atoms with E-state index in [9.17, 15) is 14.0 Å². The van der Waals surface area contributed by atoms with Gasteiger partial charge in [-0.1, -0.05) is 26.0 Å². The van der Waals surface area contributed by atoms with Crippen molar-refractivity contribution in [2.24, 2.45) is 5.92 Å². The molecule has 0 spiro atoms. The Bertz CT molecular complexity index is 676. The molecule has 0 unspecified atom stereocenters. The number of carbonyl (C=O) groups is 2. The minimum absolute atomic E-state index is 0.177. The number of amides is 2. The molecule has 2 aliphatic rings. The Kier molecular flexibility index (Phi) is 4.66. The van der Waals surface area contributed by atoms with Gasteiger partial charge in [0.1, 0.15) is 11.5 Å². The Labute approximate surface area is 140 Å². The fourth-order valence-electron chi connectivity index (χ4n) is 3.05. The second kappa shape index (κ2) is 6.73. The van der Waals surface area contributed by atoms with E-state index >= 15 is 0 Å². The summed E-state index contributed by atoms with van der Waals surface area (Å²) in [5.74, 6) is -0.767. The Balaban J connectivity index is 2.05. The molecule has 1 aromatic carbocycles. The largest absolute Gasteiger partial charge is 0.378 e. The van der Waals surface area contributed by atoms with E-state index in [1.165, 1.54) is 17.0 Å². The number of halogens is 1. The molecule has 24 heavy (non-hydrogen) atoms. The summed E-state index contributed by atoms with van der Waals surface area (Å²) < 4.78 is 18.6. The number of nitrogens with zero attached hydrogens (tertiary/aromatic N) is 2. The van der Waals surface area contributed by atoms with E-state index in [1.807, 2.05) is 18.7 Å². The molecule has 2 aliphatic heterocycles. The summed E-state index contributed by atoms with van der Waals surface area (Å²) in [4.78, 5) is 29.0. The van der Waals surface area contributed by atoms with Crippen LogP contribution in [0.2, 0.25) is 0 Å². The van der Waals surface area contributed by atoms with Gasteiger partial charge in [0.25, 0.3) is 11.8 Å². The minimum atomic E-state index is -0.372. The average molecular weight is 332 g/mol.